The number of hydrogen-bond acceptors (Lipinski definition) is 4. The first-order chi connectivity index (χ1) is 10.2. The van der Waals surface area contributed by atoms with E-state index in [1.54, 1.807) is 18.3 Å². The molecular formula is C15H9N5O. The van der Waals surface area contributed by atoms with Crippen LogP contribution in [0.1, 0.15) is 11.1 Å². The summed E-state index contributed by atoms with van der Waals surface area (Å²) < 4.78 is 0. The molecule has 21 heavy (non-hydrogen) atoms. The van der Waals surface area contributed by atoms with Gasteiger partial charge in [0.15, 0.2) is 0 Å². The van der Waals surface area contributed by atoms with E-state index in [2.05, 4.69) is 9.97 Å². The summed E-state index contributed by atoms with van der Waals surface area (Å²) in [6.45, 7) is 0. The SMILES string of the molecule is N#Cc1c(N)[nH]c(=O)c(C#N)c1-c1ccc2cc[nH]c2c1. The quantitative estimate of drug-likeness (QED) is 0.627. The van der Waals surface area contributed by atoms with Gasteiger partial charge in [-0.05, 0) is 23.1 Å². The van der Waals surface area contributed by atoms with E-state index in [-0.39, 0.29) is 22.5 Å². The predicted octanol–water partition coefficient (Wildman–Crippen LogP) is 1.85. The monoisotopic (exact) mass is 275 g/mol. The van der Waals surface area contributed by atoms with Crippen LogP contribution >= 0.6 is 0 Å². The Morgan fingerprint density at radius 3 is 2.57 bits per heavy atom. The van der Waals surface area contributed by atoms with E-state index in [1.165, 1.54) is 0 Å². The third-order valence-corrected chi connectivity index (χ3v) is 3.31. The number of nitrogens with zero attached hydrogens (tertiary/aromatic N) is 2. The predicted molar refractivity (Wildman–Crippen MR) is 78.2 cm³/mol. The van der Waals surface area contributed by atoms with Gasteiger partial charge in [-0.25, -0.2) is 0 Å². The van der Waals surface area contributed by atoms with E-state index in [4.69, 9.17) is 5.73 Å². The zero-order valence-corrected chi connectivity index (χ0v) is 10.8. The average molecular weight is 275 g/mol. The van der Waals surface area contributed by atoms with Crippen LogP contribution < -0.4 is 11.3 Å². The number of rotatable bonds is 1. The molecule has 0 fully saturated rings. The van der Waals surface area contributed by atoms with Gasteiger partial charge in [-0.1, -0.05) is 12.1 Å². The fourth-order valence-electron chi connectivity index (χ4n) is 2.34. The third kappa shape index (κ3) is 1.83. The second-order valence-electron chi connectivity index (χ2n) is 4.50. The number of H-pyrrole nitrogens is 2. The highest BCUT2D eigenvalue weighted by molar-refractivity contribution is 5.88. The van der Waals surface area contributed by atoms with Crippen LogP contribution in [-0.4, -0.2) is 9.97 Å². The Kier molecular flexibility index (Phi) is 2.71. The molecule has 0 saturated heterocycles. The van der Waals surface area contributed by atoms with Crippen LogP contribution in [0.3, 0.4) is 0 Å². The topological polar surface area (TPSA) is 122 Å². The van der Waals surface area contributed by atoms with Gasteiger partial charge in [0.1, 0.15) is 29.1 Å². The standard InChI is InChI=1S/C15H9N5O/c16-6-10-13(11(7-17)15(21)20-14(10)18)9-2-1-8-3-4-19-12(8)5-9/h1-5,19H,(H3,18,20,21). The third-order valence-electron chi connectivity index (χ3n) is 3.31. The molecule has 0 radical (unpaired) electrons. The molecule has 3 aromatic rings. The molecule has 4 N–H and O–H groups in total. The molecule has 0 bridgehead atoms. The summed E-state index contributed by atoms with van der Waals surface area (Å²) in [6.07, 6.45) is 1.79. The number of nitrogens with two attached hydrogens (primary N) is 1. The number of nitriles is 2. The van der Waals surface area contributed by atoms with Crippen molar-refractivity contribution in [3.05, 3.63) is 51.9 Å². The first kappa shape index (κ1) is 12.5. The Morgan fingerprint density at radius 1 is 1.10 bits per heavy atom. The van der Waals surface area contributed by atoms with Crippen molar-refractivity contribution in [1.82, 2.24) is 9.97 Å². The number of aromatic nitrogens is 2. The molecule has 0 aliphatic heterocycles. The van der Waals surface area contributed by atoms with Crippen LogP contribution in [0.4, 0.5) is 5.82 Å². The Hall–Kier alpha value is -3.51. The van der Waals surface area contributed by atoms with Gasteiger partial charge in [-0.15, -0.1) is 0 Å². The van der Waals surface area contributed by atoms with Gasteiger partial charge in [0.05, 0.1) is 0 Å². The van der Waals surface area contributed by atoms with Gasteiger partial charge < -0.3 is 15.7 Å². The molecule has 0 amide bonds. The molecule has 0 aliphatic carbocycles. The highest BCUT2D eigenvalue weighted by Gasteiger charge is 2.18. The van der Waals surface area contributed by atoms with Crippen molar-refractivity contribution in [2.45, 2.75) is 0 Å². The van der Waals surface area contributed by atoms with Gasteiger partial charge in [-0.2, -0.15) is 10.5 Å². The maximum Gasteiger partial charge on any atom is 0.268 e. The Morgan fingerprint density at radius 2 is 1.86 bits per heavy atom. The lowest BCUT2D eigenvalue weighted by Gasteiger charge is -2.08. The van der Waals surface area contributed by atoms with Crippen molar-refractivity contribution >= 4 is 16.7 Å². The molecule has 0 atom stereocenters. The molecular weight excluding hydrogens is 266 g/mol. The van der Waals surface area contributed by atoms with E-state index in [0.29, 0.717) is 5.56 Å². The van der Waals surface area contributed by atoms with Gasteiger partial charge in [0.2, 0.25) is 0 Å². The van der Waals surface area contributed by atoms with Crippen molar-refractivity contribution in [3.63, 3.8) is 0 Å². The fourth-order valence-corrected chi connectivity index (χ4v) is 2.34. The first-order valence-electron chi connectivity index (χ1n) is 6.09. The molecule has 0 unspecified atom stereocenters. The Labute approximate surface area is 119 Å². The highest BCUT2D eigenvalue weighted by Crippen LogP contribution is 2.30. The second-order valence-corrected chi connectivity index (χ2v) is 4.50. The van der Waals surface area contributed by atoms with E-state index < -0.39 is 5.56 Å². The van der Waals surface area contributed by atoms with Crippen LogP contribution in [0.15, 0.2) is 35.3 Å². The van der Waals surface area contributed by atoms with E-state index in [0.717, 1.165) is 10.9 Å². The average Bonchev–Trinajstić information content (AvgIpc) is 2.93. The van der Waals surface area contributed by atoms with Crippen molar-refractivity contribution in [1.29, 1.82) is 10.5 Å². The summed E-state index contributed by atoms with van der Waals surface area (Å²) in [5, 5.41) is 19.5. The zero-order valence-electron chi connectivity index (χ0n) is 10.8. The number of nitrogens with one attached hydrogen (secondary N) is 2. The Balaban J connectivity index is 2.43. The van der Waals surface area contributed by atoms with Crippen LogP contribution in [0.5, 0.6) is 0 Å². The van der Waals surface area contributed by atoms with Crippen LogP contribution in [-0.2, 0) is 0 Å². The number of nitrogen functional groups attached to an aromatic ring is 1. The van der Waals surface area contributed by atoms with Crippen LogP contribution in [0.2, 0.25) is 0 Å². The molecule has 6 heteroatoms. The van der Waals surface area contributed by atoms with E-state index in [9.17, 15) is 15.3 Å². The molecule has 100 valence electrons. The summed E-state index contributed by atoms with van der Waals surface area (Å²) in [5.41, 5.74) is 6.77. The van der Waals surface area contributed by atoms with Crippen molar-refractivity contribution < 1.29 is 0 Å². The molecule has 3 rings (SSSR count). The van der Waals surface area contributed by atoms with Crippen molar-refractivity contribution in [3.8, 4) is 23.3 Å². The fraction of sp³-hybridized carbons (Fsp3) is 0. The summed E-state index contributed by atoms with van der Waals surface area (Å²) in [6, 6.07) is 11.1. The highest BCUT2D eigenvalue weighted by atomic mass is 16.1. The number of benzene rings is 1. The number of anilines is 1. The van der Waals surface area contributed by atoms with Crippen LogP contribution in [0, 0.1) is 22.7 Å². The second kappa shape index (κ2) is 4.55. The van der Waals surface area contributed by atoms with Gasteiger partial charge in [-0.3, -0.25) is 4.79 Å². The van der Waals surface area contributed by atoms with Crippen LogP contribution in [0.25, 0.3) is 22.0 Å². The van der Waals surface area contributed by atoms with Gasteiger partial charge in [0, 0.05) is 17.3 Å². The lowest BCUT2D eigenvalue weighted by Crippen LogP contribution is -2.16. The molecule has 6 nitrogen and oxygen atoms in total. The largest absolute Gasteiger partial charge is 0.384 e. The molecule has 0 aliphatic rings. The minimum atomic E-state index is -0.601. The van der Waals surface area contributed by atoms with Gasteiger partial charge in [0.25, 0.3) is 5.56 Å². The molecule has 2 aromatic heterocycles. The summed E-state index contributed by atoms with van der Waals surface area (Å²) in [4.78, 5) is 17.2. The number of pyridine rings is 1. The molecule has 2 heterocycles. The summed E-state index contributed by atoms with van der Waals surface area (Å²) in [7, 11) is 0. The Bertz CT molecular complexity index is 998. The van der Waals surface area contributed by atoms with E-state index >= 15 is 0 Å². The van der Waals surface area contributed by atoms with Crippen molar-refractivity contribution in [2.75, 3.05) is 5.73 Å². The summed E-state index contributed by atoms with van der Waals surface area (Å²) in [5.74, 6) is -0.0388. The van der Waals surface area contributed by atoms with Crippen molar-refractivity contribution in [2.24, 2.45) is 0 Å². The lowest BCUT2D eigenvalue weighted by molar-refractivity contribution is 1.21. The van der Waals surface area contributed by atoms with Gasteiger partial charge >= 0.3 is 0 Å². The lowest BCUT2D eigenvalue weighted by atomic mass is 9.96. The molecule has 0 spiro atoms. The maximum atomic E-state index is 11.9. The number of hydrogen-bond donors (Lipinski definition) is 3. The smallest absolute Gasteiger partial charge is 0.268 e. The molecule has 0 saturated carbocycles. The normalized spacial score (nSPS) is 10.2. The number of fused-ring (bicyclic) bond motifs is 1. The summed E-state index contributed by atoms with van der Waals surface area (Å²) >= 11 is 0. The van der Waals surface area contributed by atoms with E-state index in [1.807, 2.05) is 24.3 Å². The zero-order chi connectivity index (χ0) is 15.0. The minimum absolute atomic E-state index is 0.0388. The first-order valence-corrected chi connectivity index (χ1v) is 6.09. The maximum absolute atomic E-state index is 11.9. The number of aromatic amines is 2. The molecule has 1 aromatic carbocycles. The minimum Gasteiger partial charge on any atom is -0.384 e.